The predicted molar refractivity (Wildman–Crippen MR) is 52.5 cm³/mol. The maximum absolute atomic E-state index is 11.9. The van der Waals surface area contributed by atoms with E-state index in [0.717, 1.165) is 19.5 Å². The minimum atomic E-state index is -2.41. The fraction of sp³-hybridized carbons (Fsp3) is 0.889. The van der Waals surface area contributed by atoms with Gasteiger partial charge in [-0.1, -0.05) is 6.92 Å². The highest BCUT2D eigenvalue weighted by molar-refractivity contribution is 5.78. The van der Waals surface area contributed by atoms with Crippen molar-refractivity contribution in [2.45, 2.75) is 26.2 Å². The van der Waals surface area contributed by atoms with Crippen LogP contribution in [0.25, 0.3) is 0 Å². The highest BCUT2D eigenvalue weighted by atomic mass is 19.3. The third-order valence-corrected chi connectivity index (χ3v) is 2.37. The molecule has 1 rings (SSSR count). The van der Waals surface area contributed by atoms with Crippen LogP contribution < -0.4 is 5.73 Å². The Balaban J connectivity index is 2.42. The summed E-state index contributed by atoms with van der Waals surface area (Å²) in [4.78, 5) is 5.54. The predicted octanol–water partition coefficient (Wildman–Crippen LogP) is 1.30. The summed E-state index contributed by atoms with van der Waals surface area (Å²) in [5.41, 5.74) is 5.60. The summed E-state index contributed by atoms with van der Waals surface area (Å²) in [6, 6.07) is 0. The molecule has 2 N–H and O–H groups in total. The van der Waals surface area contributed by atoms with E-state index in [9.17, 15) is 8.78 Å². The first kappa shape index (κ1) is 11.2. The van der Waals surface area contributed by atoms with Crippen LogP contribution >= 0.6 is 0 Å². The van der Waals surface area contributed by atoms with Gasteiger partial charge in [-0.25, -0.2) is 13.8 Å². The van der Waals surface area contributed by atoms with E-state index in [0.29, 0.717) is 5.92 Å². The molecule has 3 nitrogen and oxygen atoms in total. The third kappa shape index (κ3) is 3.47. The Hall–Kier alpha value is -0.870. The average Bonchev–Trinajstić information content (AvgIpc) is 2.14. The summed E-state index contributed by atoms with van der Waals surface area (Å²) < 4.78 is 23.7. The van der Waals surface area contributed by atoms with Crippen molar-refractivity contribution in [1.29, 1.82) is 0 Å². The second kappa shape index (κ2) is 5.12. The summed E-state index contributed by atoms with van der Waals surface area (Å²) in [5.74, 6) is 0.834. The maximum Gasteiger partial charge on any atom is 0.257 e. The lowest BCUT2D eigenvalue weighted by atomic mass is 10.0. The third-order valence-electron chi connectivity index (χ3n) is 2.37. The van der Waals surface area contributed by atoms with Crippen LogP contribution in [0.15, 0.2) is 4.99 Å². The van der Waals surface area contributed by atoms with E-state index in [4.69, 9.17) is 5.73 Å². The number of guanidine groups is 1. The second-order valence-electron chi connectivity index (χ2n) is 3.78. The fourth-order valence-corrected chi connectivity index (χ4v) is 1.66. The van der Waals surface area contributed by atoms with E-state index < -0.39 is 13.0 Å². The van der Waals surface area contributed by atoms with Crippen molar-refractivity contribution >= 4 is 5.96 Å². The number of piperidine rings is 1. The van der Waals surface area contributed by atoms with Crippen LogP contribution in [-0.2, 0) is 0 Å². The lowest BCUT2D eigenvalue weighted by Gasteiger charge is -2.31. The molecule has 5 heteroatoms. The molecule has 1 heterocycles. The summed E-state index contributed by atoms with van der Waals surface area (Å²) >= 11 is 0. The van der Waals surface area contributed by atoms with Crippen LogP contribution in [0.1, 0.15) is 19.8 Å². The van der Waals surface area contributed by atoms with Gasteiger partial charge in [0.05, 0.1) is 0 Å². The number of hydrogen-bond acceptors (Lipinski definition) is 1. The van der Waals surface area contributed by atoms with Gasteiger partial charge in [-0.2, -0.15) is 0 Å². The zero-order chi connectivity index (χ0) is 10.6. The van der Waals surface area contributed by atoms with Gasteiger partial charge in [0, 0.05) is 13.1 Å². The van der Waals surface area contributed by atoms with E-state index in [-0.39, 0.29) is 5.96 Å². The van der Waals surface area contributed by atoms with Crippen LogP contribution in [0.4, 0.5) is 8.78 Å². The molecule has 1 aliphatic rings. The lowest BCUT2D eigenvalue weighted by Crippen LogP contribution is -2.43. The minimum Gasteiger partial charge on any atom is -0.370 e. The molecule has 0 radical (unpaired) electrons. The molecular weight excluding hydrogens is 188 g/mol. The molecule has 0 spiro atoms. The van der Waals surface area contributed by atoms with Gasteiger partial charge in [-0.05, 0) is 18.8 Å². The molecule has 1 aliphatic heterocycles. The van der Waals surface area contributed by atoms with E-state index in [2.05, 4.69) is 11.9 Å². The summed E-state index contributed by atoms with van der Waals surface area (Å²) in [5, 5.41) is 0. The molecule has 0 aromatic carbocycles. The zero-order valence-electron chi connectivity index (χ0n) is 8.42. The van der Waals surface area contributed by atoms with Crippen molar-refractivity contribution in [3.05, 3.63) is 0 Å². The molecule has 0 amide bonds. The van der Waals surface area contributed by atoms with Crippen molar-refractivity contribution in [3.8, 4) is 0 Å². The van der Waals surface area contributed by atoms with Crippen molar-refractivity contribution in [2.24, 2.45) is 16.6 Å². The van der Waals surface area contributed by atoms with Crippen LogP contribution in [0.3, 0.4) is 0 Å². The number of aliphatic imine (C=N–C) groups is 1. The highest BCUT2D eigenvalue weighted by Crippen LogP contribution is 2.14. The summed E-state index contributed by atoms with van der Waals surface area (Å²) in [6.45, 7) is 3.31. The normalized spacial score (nSPS) is 24.4. The standard InChI is InChI=1S/C9H17F2N3/c1-7-3-2-4-14(6-7)9(12)13-5-8(10)11/h7-8H,2-6H2,1H3,(H2,12,13). The average molecular weight is 205 g/mol. The molecule has 0 bridgehead atoms. The first-order valence-corrected chi connectivity index (χ1v) is 4.92. The molecular formula is C9H17F2N3. The van der Waals surface area contributed by atoms with Crippen LogP contribution in [0.5, 0.6) is 0 Å². The largest absolute Gasteiger partial charge is 0.370 e. The molecule has 82 valence electrons. The SMILES string of the molecule is CC1CCCN(C(N)=NCC(F)F)C1. The van der Waals surface area contributed by atoms with Gasteiger partial charge in [0.2, 0.25) is 0 Å². The molecule has 14 heavy (non-hydrogen) atoms. The first-order chi connectivity index (χ1) is 6.59. The van der Waals surface area contributed by atoms with Crippen molar-refractivity contribution in [1.82, 2.24) is 4.90 Å². The van der Waals surface area contributed by atoms with Crippen LogP contribution in [-0.4, -0.2) is 36.9 Å². The molecule has 1 atom stereocenters. The first-order valence-electron chi connectivity index (χ1n) is 4.92. The Morgan fingerprint density at radius 1 is 1.64 bits per heavy atom. The lowest BCUT2D eigenvalue weighted by molar-refractivity contribution is 0.158. The van der Waals surface area contributed by atoms with Crippen molar-refractivity contribution in [2.75, 3.05) is 19.6 Å². The molecule has 0 aromatic heterocycles. The van der Waals surface area contributed by atoms with Crippen molar-refractivity contribution in [3.63, 3.8) is 0 Å². The summed E-state index contributed by atoms with van der Waals surface area (Å²) in [6.07, 6.45) is -0.166. The molecule has 1 saturated heterocycles. The Labute approximate surface area is 83.0 Å². The van der Waals surface area contributed by atoms with Gasteiger partial charge < -0.3 is 10.6 Å². The van der Waals surface area contributed by atoms with Gasteiger partial charge >= 0.3 is 0 Å². The van der Waals surface area contributed by atoms with E-state index in [1.165, 1.54) is 6.42 Å². The Bertz CT molecular complexity index is 206. The highest BCUT2D eigenvalue weighted by Gasteiger charge is 2.17. The maximum atomic E-state index is 11.9. The Morgan fingerprint density at radius 2 is 2.36 bits per heavy atom. The monoisotopic (exact) mass is 205 g/mol. The minimum absolute atomic E-state index is 0.261. The number of hydrogen-bond donors (Lipinski definition) is 1. The molecule has 0 aromatic rings. The van der Waals surface area contributed by atoms with E-state index >= 15 is 0 Å². The molecule has 0 saturated carbocycles. The van der Waals surface area contributed by atoms with Gasteiger partial charge in [-0.15, -0.1) is 0 Å². The van der Waals surface area contributed by atoms with Gasteiger partial charge in [0.1, 0.15) is 6.54 Å². The Morgan fingerprint density at radius 3 is 2.93 bits per heavy atom. The number of nitrogens with two attached hydrogens (primary N) is 1. The molecule has 0 aliphatic carbocycles. The zero-order valence-corrected chi connectivity index (χ0v) is 8.42. The number of rotatable bonds is 2. The van der Waals surface area contributed by atoms with Crippen LogP contribution in [0, 0.1) is 5.92 Å². The van der Waals surface area contributed by atoms with E-state index in [1.54, 1.807) is 0 Å². The van der Waals surface area contributed by atoms with Gasteiger partial charge in [0.15, 0.2) is 5.96 Å². The smallest absolute Gasteiger partial charge is 0.257 e. The van der Waals surface area contributed by atoms with Crippen LogP contribution in [0.2, 0.25) is 0 Å². The quantitative estimate of drug-likeness (QED) is 0.545. The number of alkyl halides is 2. The van der Waals surface area contributed by atoms with E-state index in [1.807, 2.05) is 4.90 Å². The number of likely N-dealkylation sites (tertiary alicyclic amines) is 1. The molecule has 1 unspecified atom stereocenters. The Kier molecular flexibility index (Phi) is 4.10. The van der Waals surface area contributed by atoms with Gasteiger partial charge in [0.25, 0.3) is 6.43 Å². The second-order valence-corrected chi connectivity index (χ2v) is 3.78. The molecule has 1 fully saturated rings. The van der Waals surface area contributed by atoms with Gasteiger partial charge in [-0.3, -0.25) is 0 Å². The number of nitrogens with zero attached hydrogens (tertiary/aromatic N) is 2. The fourth-order valence-electron chi connectivity index (χ4n) is 1.66. The number of halogens is 2. The topological polar surface area (TPSA) is 41.6 Å². The van der Waals surface area contributed by atoms with Crippen molar-refractivity contribution < 1.29 is 8.78 Å². The summed E-state index contributed by atoms with van der Waals surface area (Å²) in [7, 11) is 0.